The van der Waals surface area contributed by atoms with Crippen LogP contribution in [0.1, 0.15) is 25.7 Å². The molecule has 2 heterocycles. The summed E-state index contributed by atoms with van der Waals surface area (Å²) in [5.74, 6) is 0. The summed E-state index contributed by atoms with van der Waals surface area (Å²) in [5.41, 5.74) is 0.596. The first-order valence-corrected chi connectivity index (χ1v) is 10.5. The van der Waals surface area contributed by atoms with Crippen LogP contribution in [0, 0.1) is 10.1 Å². The van der Waals surface area contributed by atoms with Gasteiger partial charge in [0.1, 0.15) is 12.2 Å². The number of nitro groups is 1. The van der Waals surface area contributed by atoms with Gasteiger partial charge in [-0.05, 0) is 37.9 Å². The summed E-state index contributed by atoms with van der Waals surface area (Å²) in [6, 6.07) is 4.01. The number of β-amino-alcohol motifs (C(OH)–C–C–N with tert-alkyl or cyclic N) is 1. The summed E-state index contributed by atoms with van der Waals surface area (Å²) in [5, 5.41) is 58.3. The minimum Gasteiger partial charge on any atom is -0.395 e. The summed E-state index contributed by atoms with van der Waals surface area (Å²) in [6.45, 7) is 0.491. The highest BCUT2D eigenvalue weighted by Crippen LogP contribution is 2.27. The quantitative estimate of drug-likeness (QED) is 0.171. The minimum absolute atomic E-state index is 0.134. The molecule has 1 saturated heterocycles. The molecule has 4 atom stereocenters. The van der Waals surface area contributed by atoms with Gasteiger partial charge in [-0.2, -0.15) is 10.2 Å². The molecule has 0 unspecified atom stereocenters. The zero-order valence-corrected chi connectivity index (χ0v) is 17.5. The van der Waals surface area contributed by atoms with E-state index in [2.05, 4.69) is 15.2 Å². The number of unbranched alkanes of at least 4 members (excludes halogenated alkanes) is 3. The van der Waals surface area contributed by atoms with Crippen LogP contribution >= 0.6 is 0 Å². The van der Waals surface area contributed by atoms with Gasteiger partial charge in [0.05, 0.1) is 41.8 Å². The van der Waals surface area contributed by atoms with Gasteiger partial charge in [0.2, 0.25) is 0 Å². The predicted molar refractivity (Wildman–Crippen MR) is 115 cm³/mol. The van der Waals surface area contributed by atoms with Gasteiger partial charge in [-0.25, -0.2) is 0 Å². The molecule has 0 aliphatic carbocycles. The Hall–Kier alpha value is -2.77. The first-order chi connectivity index (χ1) is 15.4. The highest BCUT2D eigenvalue weighted by molar-refractivity contribution is 5.66. The first kappa shape index (κ1) is 23.9. The SMILES string of the molecule is O=[N+]([O-])c1cc(N=CCCCCCN2C[C@H](O)[C@@H](O)[C@H](O)[C@H]2CO)ccc1-n1nccn1. The van der Waals surface area contributed by atoms with Gasteiger partial charge in [-0.3, -0.25) is 20.0 Å². The number of aliphatic hydroxyl groups is 4. The summed E-state index contributed by atoms with van der Waals surface area (Å²) < 4.78 is 0. The number of benzene rings is 1. The maximum Gasteiger partial charge on any atom is 0.298 e. The van der Waals surface area contributed by atoms with Crippen molar-refractivity contribution in [2.45, 2.75) is 50.0 Å². The molecule has 0 amide bonds. The van der Waals surface area contributed by atoms with E-state index < -0.39 is 29.3 Å². The number of hydrogen-bond donors (Lipinski definition) is 4. The Morgan fingerprint density at radius 2 is 1.91 bits per heavy atom. The van der Waals surface area contributed by atoms with Crippen molar-refractivity contribution in [2.75, 3.05) is 19.7 Å². The second-order valence-electron chi connectivity index (χ2n) is 7.70. The Morgan fingerprint density at radius 3 is 2.59 bits per heavy atom. The molecule has 174 valence electrons. The standard InChI is InChI=1S/C20H28N6O6/c27-13-17-19(29)20(30)18(28)12-24(17)10-4-2-1-3-7-21-14-5-6-15(16(11-14)26(31)32)25-22-8-9-23-25/h5-9,11,17-20,27-30H,1-4,10,12-13H2/t17-,18+,19-,20-/m1/s1. The minimum atomic E-state index is -1.25. The van der Waals surface area contributed by atoms with Crippen LogP contribution in [-0.2, 0) is 0 Å². The van der Waals surface area contributed by atoms with Crippen LogP contribution in [0.3, 0.4) is 0 Å². The van der Waals surface area contributed by atoms with Gasteiger partial charge in [-0.15, -0.1) is 4.80 Å². The van der Waals surface area contributed by atoms with Crippen LogP contribution in [0.25, 0.3) is 5.69 Å². The molecule has 1 fully saturated rings. The summed E-state index contributed by atoms with van der Waals surface area (Å²) >= 11 is 0. The third-order valence-corrected chi connectivity index (χ3v) is 5.52. The summed E-state index contributed by atoms with van der Waals surface area (Å²) in [6.07, 6.45) is 4.30. The topological polar surface area (TPSA) is 170 Å². The summed E-state index contributed by atoms with van der Waals surface area (Å²) in [7, 11) is 0. The van der Waals surface area contributed by atoms with E-state index in [0.717, 1.165) is 19.3 Å². The van der Waals surface area contributed by atoms with Crippen LogP contribution in [0.15, 0.2) is 35.6 Å². The molecule has 0 spiro atoms. The van der Waals surface area contributed by atoms with E-state index in [1.807, 2.05) is 0 Å². The highest BCUT2D eigenvalue weighted by Gasteiger charge is 2.40. The lowest BCUT2D eigenvalue weighted by atomic mass is 9.94. The monoisotopic (exact) mass is 448 g/mol. The smallest absolute Gasteiger partial charge is 0.298 e. The van der Waals surface area contributed by atoms with Crippen molar-refractivity contribution < 1.29 is 25.3 Å². The third kappa shape index (κ3) is 5.72. The Bertz CT molecular complexity index is 908. The molecular formula is C20H28N6O6. The lowest BCUT2D eigenvalue weighted by Gasteiger charge is -2.43. The van der Waals surface area contributed by atoms with Crippen LogP contribution in [0.2, 0.25) is 0 Å². The fraction of sp³-hybridized carbons (Fsp3) is 0.550. The molecule has 12 nitrogen and oxygen atoms in total. The number of nitro benzene ring substituents is 1. The van der Waals surface area contributed by atoms with Crippen molar-refractivity contribution in [1.82, 2.24) is 19.9 Å². The van der Waals surface area contributed by atoms with Crippen molar-refractivity contribution in [1.29, 1.82) is 0 Å². The van der Waals surface area contributed by atoms with Gasteiger partial charge in [0.25, 0.3) is 5.69 Å². The Kier molecular flexibility index (Phi) is 8.36. The zero-order chi connectivity index (χ0) is 23.1. The predicted octanol–water partition coefficient (Wildman–Crippen LogP) is 0.197. The number of hydrogen-bond acceptors (Lipinski definition) is 10. The largest absolute Gasteiger partial charge is 0.395 e. The molecule has 0 bridgehead atoms. The van der Waals surface area contributed by atoms with Crippen LogP contribution < -0.4 is 0 Å². The van der Waals surface area contributed by atoms with Crippen LogP contribution in [-0.4, -0.2) is 95.5 Å². The lowest BCUT2D eigenvalue weighted by molar-refractivity contribution is -0.384. The Morgan fingerprint density at radius 1 is 1.16 bits per heavy atom. The lowest BCUT2D eigenvalue weighted by Crippen LogP contribution is -2.62. The molecule has 1 aromatic carbocycles. The maximum atomic E-state index is 11.4. The van der Waals surface area contributed by atoms with Gasteiger partial charge < -0.3 is 20.4 Å². The maximum absolute atomic E-state index is 11.4. The molecule has 2 aromatic rings. The second kappa shape index (κ2) is 11.2. The average Bonchev–Trinajstić information content (AvgIpc) is 3.31. The second-order valence-corrected chi connectivity index (χ2v) is 7.70. The van der Waals surface area contributed by atoms with E-state index in [4.69, 9.17) is 0 Å². The van der Waals surface area contributed by atoms with Gasteiger partial charge in [0.15, 0.2) is 5.69 Å². The molecule has 1 aliphatic heterocycles. The molecule has 0 radical (unpaired) electrons. The van der Waals surface area contributed by atoms with E-state index in [1.54, 1.807) is 23.2 Å². The van der Waals surface area contributed by atoms with Crippen LogP contribution in [0.4, 0.5) is 11.4 Å². The molecule has 0 saturated carbocycles. The third-order valence-electron chi connectivity index (χ3n) is 5.52. The molecule has 12 heteroatoms. The van der Waals surface area contributed by atoms with Crippen molar-refractivity contribution in [3.05, 3.63) is 40.7 Å². The van der Waals surface area contributed by atoms with Crippen molar-refractivity contribution in [3.8, 4) is 5.69 Å². The molecule has 32 heavy (non-hydrogen) atoms. The van der Waals surface area contributed by atoms with Gasteiger partial charge in [0, 0.05) is 18.8 Å². The Balaban J connectivity index is 1.45. The van der Waals surface area contributed by atoms with E-state index >= 15 is 0 Å². The number of nitrogens with zero attached hydrogens (tertiary/aromatic N) is 6. The Labute approximate surface area is 184 Å². The van der Waals surface area contributed by atoms with E-state index in [0.29, 0.717) is 18.7 Å². The number of aliphatic hydroxyl groups excluding tert-OH is 4. The average molecular weight is 448 g/mol. The number of aliphatic imine (C=N–C) groups is 1. The van der Waals surface area contributed by atoms with Crippen molar-refractivity contribution in [3.63, 3.8) is 0 Å². The fourth-order valence-electron chi connectivity index (χ4n) is 3.78. The van der Waals surface area contributed by atoms with E-state index in [1.165, 1.54) is 23.3 Å². The number of aromatic nitrogens is 3. The molecule has 3 rings (SSSR count). The van der Waals surface area contributed by atoms with Gasteiger partial charge in [-0.1, -0.05) is 6.42 Å². The highest BCUT2D eigenvalue weighted by atomic mass is 16.6. The number of likely N-dealkylation sites (tertiary alicyclic amines) is 1. The number of rotatable bonds is 10. The zero-order valence-electron chi connectivity index (χ0n) is 17.5. The van der Waals surface area contributed by atoms with Crippen molar-refractivity contribution in [2.24, 2.45) is 4.99 Å². The fourth-order valence-corrected chi connectivity index (χ4v) is 3.78. The van der Waals surface area contributed by atoms with Crippen molar-refractivity contribution >= 4 is 17.6 Å². The number of piperidine rings is 1. The summed E-state index contributed by atoms with van der Waals surface area (Å²) in [4.78, 5) is 18.2. The van der Waals surface area contributed by atoms with E-state index in [-0.39, 0.29) is 24.5 Å². The van der Waals surface area contributed by atoms with Gasteiger partial charge >= 0.3 is 0 Å². The van der Waals surface area contributed by atoms with E-state index in [9.17, 15) is 30.5 Å². The molecule has 4 N–H and O–H groups in total. The molecular weight excluding hydrogens is 420 g/mol. The first-order valence-electron chi connectivity index (χ1n) is 10.5. The van der Waals surface area contributed by atoms with Crippen LogP contribution in [0.5, 0.6) is 0 Å². The molecule has 1 aromatic heterocycles. The normalized spacial score (nSPS) is 24.2. The molecule has 1 aliphatic rings.